The van der Waals surface area contributed by atoms with E-state index in [2.05, 4.69) is 24.0 Å². The molecule has 0 spiro atoms. The van der Waals surface area contributed by atoms with Gasteiger partial charge in [-0.05, 0) is 19.8 Å². The summed E-state index contributed by atoms with van der Waals surface area (Å²) in [5.41, 5.74) is 5.53. The van der Waals surface area contributed by atoms with Crippen LogP contribution in [0.5, 0.6) is 0 Å². The van der Waals surface area contributed by atoms with E-state index in [1.165, 1.54) is 4.90 Å². The van der Waals surface area contributed by atoms with E-state index in [-0.39, 0.29) is 31.0 Å². The zero-order valence-electron chi connectivity index (χ0n) is 13.2. The van der Waals surface area contributed by atoms with Crippen LogP contribution in [-0.4, -0.2) is 40.6 Å². The number of hydrogen-bond acceptors (Lipinski definition) is 6. The third-order valence-corrected chi connectivity index (χ3v) is 2.67. The fourth-order valence-electron chi connectivity index (χ4n) is 1.54. The summed E-state index contributed by atoms with van der Waals surface area (Å²) >= 11 is 0. The highest BCUT2D eigenvalue weighted by molar-refractivity contribution is 5.85. The second kappa shape index (κ2) is 8.96. The summed E-state index contributed by atoms with van der Waals surface area (Å²) < 4.78 is 10.7. The minimum atomic E-state index is -0.546. The van der Waals surface area contributed by atoms with Crippen molar-refractivity contribution in [2.24, 2.45) is 11.7 Å². The van der Waals surface area contributed by atoms with Crippen molar-refractivity contribution >= 4 is 18.3 Å². The molecule has 0 aliphatic carbocycles. The maximum atomic E-state index is 11.7. The van der Waals surface area contributed by atoms with Gasteiger partial charge in [0.1, 0.15) is 6.10 Å². The Balaban J connectivity index is 0.00000400. The van der Waals surface area contributed by atoms with Crippen molar-refractivity contribution in [1.29, 1.82) is 0 Å². The smallest absolute Gasteiger partial charge is 0.246 e. The van der Waals surface area contributed by atoms with E-state index in [1.54, 1.807) is 14.0 Å². The molecule has 122 valence electrons. The lowest BCUT2D eigenvalue weighted by Crippen LogP contribution is -2.39. The van der Waals surface area contributed by atoms with Crippen LogP contribution < -0.4 is 5.73 Å². The number of rotatable bonds is 7. The van der Waals surface area contributed by atoms with Crippen molar-refractivity contribution in [3.8, 4) is 0 Å². The van der Waals surface area contributed by atoms with Crippen LogP contribution >= 0.6 is 12.4 Å². The molecule has 8 heteroatoms. The molecular weight excluding hydrogens is 296 g/mol. The van der Waals surface area contributed by atoms with Gasteiger partial charge in [0, 0.05) is 13.7 Å². The lowest BCUT2D eigenvalue weighted by Gasteiger charge is -2.16. The summed E-state index contributed by atoms with van der Waals surface area (Å²) in [5.74, 6) is 1.13. The van der Waals surface area contributed by atoms with Gasteiger partial charge in [-0.2, -0.15) is 4.98 Å². The number of ether oxygens (including phenoxy) is 1. The molecule has 1 heterocycles. The third kappa shape index (κ3) is 6.41. The number of carbonyl (C=O) groups is 1. The van der Waals surface area contributed by atoms with Crippen LogP contribution in [0, 0.1) is 5.92 Å². The normalized spacial score (nSPS) is 13.7. The number of halogens is 1. The Kier molecular flexibility index (Phi) is 8.46. The van der Waals surface area contributed by atoms with Crippen LogP contribution in [0.2, 0.25) is 0 Å². The molecule has 0 radical (unpaired) electrons. The first kappa shape index (κ1) is 19.8. The minimum absolute atomic E-state index is 0. The first-order valence-electron chi connectivity index (χ1n) is 6.75. The largest absolute Gasteiger partial charge is 0.370 e. The second-order valence-electron chi connectivity index (χ2n) is 5.40. The van der Waals surface area contributed by atoms with Crippen molar-refractivity contribution in [2.45, 2.75) is 46.4 Å². The van der Waals surface area contributed by atoms with Gasteiger partial charge in [0.05, 0.1) is 12.6 Å². The Morgan fingerprint density at radius 1 is 1.38 bits per heavy atom. The van der Waals surface area contributed by atoms with Gasteiger partial charge >= 0.3 is 0 Å². The third-order valence-electron chi connectivity index (χ3n) is 2.67. The fraction of sp³-hybridized carbons (Fsp3) is 0.769. The molecule has 2 atom stereocenters. The summed E-state index contributed by atoms with van der Waals surface area (Å²) in [7, 11) is 1.65. The Bertz CT molecular complexity index is 437. The average molecular weight is 321 g/mol. The minimum Gasteiger partial charge on any atom is -0.370 e. The average Bonchev–Trinajstić information content (AvgIpc) is 2.83. The van der Waals surface area contributed by atoms with Crippen molar-refractivity contribution in [2.75, 3.05) is 13.7 Å². The Morgan fingerprint density at radius 2 is 2.00 bits per heavy atom. The lowest BCUT2D eigenvalue weighted by atomic mass is 10.2. The monoisotopic (exact) mass is 320 g/mol. The highest BCUT2D eigenvalue weighted by Gasteiger charge is 2.19. The molecule has 0 bridgehead atoms. The molecule has 0 aromatic carbocycles. The van der Waals surface area contributed by atoms with Crippen molar-refractivity contribution in [3.05, 3.63) is 11.7 Å². The van der Waals surface area contributed by atoms with E-state index in [9.17, 15) is 4.79 Å². The number of carbonyl (C=O) groups excluding carboxylic acids is 1. The summed E-state index contributed by atoms with van der Waals surface area (Å²) in [4.78, 5) is 17.3. The van der Waals surface area contributed by atoms with E-state index in [0.717, 1.165) is 0 Å². The van der Waals surface area contributed by atoms with Gasteiger partial charge in [0.2, 0.25) is 11.8 Å². The Morgan fingerprint density at radius 3 is 2.52 bits per heavy atom. The van der Waals surface area contributed by atoms with Gasteiger partial charge in [0.15, 0.2) is 5.82 Å². The number of aromatic nitrogens is 2. The van der Waals surface area contributed by atoms with Gasteiger partial charge in [-0.1, -0.05) is 19.0 Å². The molecule has 21 heavy (non-hydrogen) atoms. The number of hydrogen-bond donors (Lipinski definition) is 1. The Labute approximate surface area is 131 Å². The topological polar surface area (TPSA) is 94.5 Å². The van der Waals surface area contributed by atoms with Crippen molar-refractivity contribution in [1.82, 2.24) is 15.0 Å². The number of amides is 1. The van der Waals surface area contributed by atoms with Gasteiger partial charge < -0.3 is 19.9 Å². The number of nitrogens with two attached hydrogens (primary N) is 1. The molecule has 1 rings (SSSR count). The molecule has 0 saturated carbocycles. The zero-order chi connectivity index (χ0) is 15.3. The highest BCUT2D eigenvalue weighted by Crippen LogP contribution is 2.15. The molecule has 0 fully saturated rings. The van der Waals surface area contributed by atoms with Crippen LogP contribution in [0.25, 0.3) is 0 Å². The molecule has 0 aliphatic heterocycles. The molecular formula is C13H25ClN4O3. The van der Waals surface area contributed by atoms with Gasteiger partial charge in [-0.15, -0.1) is 12.4 Å². The fourth-order valence-corrected chi connectivity index (χ4v) is 1.54. The summed E-state index contributed by atoms with van der Waals surface area (Å²) in [6.07, 6.45) is -0.232. The maximum absolute atomic E-state index is 11.7. The molecule has 1 aromatic rings. The SMILES string of the molecule is CC(C)COC(C)c1noc(CN(C)C(=O)[C@@H](C)N)n1.Cl. The second-order valence-corrected chi connectivity index (χ2v) is 5.40. The zero-order valence-corrected chi connectivity index (χ0v) is 14.0. The van der Waals surface area contributed by atoms with Crippen LogP contribution in [0.15, 0.2) is 4.52 Å². The van der Waals surface area contributed by atoms with Crippen molar-refractivity contribution < 1.29 is 14.1 Å². The first-order valence-corrected chi connectivity index (χ1v) is 6.75. The summed E-state index contributed by atoms with van der Waals surface area (Å²) in [6.45, 7) is 8.53. The maximum Gasteiger partial charge on any atom is 0.246 e. The van der Waals surface area contributed by atoms with Crippen LogP contribution in [0.1, 0.15) is 45.5 Å². The molecule has 2 N–H and O–H groups in total. The van der Waals surface area contributed by atoms with E-state index < -0.39 is 6.04 Å². The predicted octanol–water partition coefficient (Wildman–Crippen LogP) is 1.53. The standard InChI is InChI=1S/C13H24N4O3.ClH/c1-8(2)7-19-10(4)12-15-11(20-16-12)6-17(5)13(18)9(3)14;/h8-10H,6-7,14H2,1-5H3;1H/t9-,10?;/m1./s1. The summed E-state index contributed by atoms with van der Waals surface area (Å²) in [6, 6.07) is -0.546. The van der Waals surface area contributed by atoms with Gasteiger partial charge in [-0.25, -0.2) is 0 Å². The van der Waals surface area contributed by atoms with Gasteiger partial charge in [0.25, 0.3) is 0 Å². The molecule has 1 unspecified atom stereocenters. The van der Waals surface area contributed by atoms with Crippen LogP contribution in [-0.2, 0) is 16.1 Å². The van der Waals surface area contributed by atoms with Crippen LogP contribution in [0.4, 0.5) is 0 Å². The molecule has 0 aliphatic rings. The highest BCUT2D eigenvalue weighted by atomic mass is 35.5. The summed E-state index contributed by atoms with van der Waals surface area (Å²) in [5, 5.41) is 3.87. The van der Waals surface area contributed by atoms with E-state index >= 15 is 0 Å². The van der Waals surface area contributed by atoms with Crippen LogP contribution in [0.3, 0.4) is 0 Å². The van der Waals surface area contributed by atoms with Gasteiger partial charge in [-0.3, -0.25) is 4.79 Å². The Hall–Kier alpha value is -1.18. The number of likely N-dealkylation sites (N-methyl/N-ethyl adjacent to an activating group) is 1. The molecule has 7 nitrogen and oxygen atoms in total. The first-order chi connectivity index (χ1) is 9.31. The molecule has 1 aromatic heterocycles. The van der Waals surface area contributed by atoms with E-state index in [0.29, 0.717) is 24.2 Å². The number of nitrogens with zero attached hydrogens (tertiary/aromatic N) is 3. The van der Waals surface area contributed by atoms with Crippen molar-refractivity contribution in [3.63, 3.8) is 0 Å². The quantitative estimate of drug-likeness (QED) is 0.818. The molecule has 0 saturated heterocycles. The predicted molar refractivity (Wildman–Crippen MR) is 80.9 cm³/mol. The van der Waals surface area contributed by atoms with E-state index in [4.69, 9.17) is 15.0 Å². The lowest BCUT2D eigenvalue weighted by molar-refractivity contribution is -0.131. The molecule has 1 amide bonds. The van der Waals surface area contributed by atoms with E-state index in [1.807, 2.05) is 6.92 Å².